The number of carbonyl (C=O) groups excluding carboxylic acids is 1. The highest BCUT2D eigenvalue weighted by molar-refractivity contribution is 5.99. The molecule has 0 aliphatic carbocycles. The Balaban J connectivity index is 1.95. The molecule has 2 aliphatic rings. The quantitative estimate of drug-likeness (QED) is 0.649. The van der Waals surface area contributed by atoms with E-state index in [2.05, 4.69) is 0 Å². The minimum atomic E-state index is -0.977. The Morgan fingerprint density at radius 2 is 1.88 bits per heavy atom. The van der Waals surface area contributed by atoms with Crippen molar-refractivity contribution < 1.29 is 29.1 Å². The van der Waals surface area contributed by atoms with E-state index in [9.17, 15) is 24.8 Å². The molecule has 3 rings (SSSR count). The predicted molar refractivity (Wildman–Crippen MR) is 80.3 cm³/mol. The van der Waals surface area contributed by atoms with Crippen LogP contribution in [0.3, 0.4) is 0 Å². The molecule has 0 spiro atoms. The summed E-state index contributed by atoms with van der Waals surface area (Å²) in [6.45, 7) is 2.58. The molecule has 1 aromatic rings. The fourth-order valence-electron chi connectivity index (χ4n) is 3.02. The van der Waals surface area contributed by atoms with Crippen molar-refractivity contribution in [3.05, 3.63) is 27.8 Å². The minimum absolute atomic E-state index is 0.0287. The number of carboxylic acids is 1. The number of benzene rings is 1. The Bertz CT molecular complexity index is 718. The van der Waals surface area contributed by atoms with Gasteiger partial charge in [-0.15, -0.1) is 0 Å². The maximum Gasteiger partial charge on any atom is 0.308 e. The average molecular weight is 336 g/mol. The van der Waals surface area contributed by atoms with Gasteiger partial charge in [-0.25, -0.2) is 0 Å². The molecule has 128 valence electrons. The zero-order valence-electron chi connectivity index (χ0n) is 12.9. The molecule has 9 heteroatoms. The first-order valence-corrected chi connectivity index (χ1v) is 7.48. The average Bonchev–Trinajstić information content (AvgIpc) is 2.95. The number of carbonyl (C=O) groups is 2. The van der Waals surface area contributed by atoms with Crippen LogP contribution in [0.2, 0.25) is 0 Å². The normalized spacial score (nSPS) is 22.3. The van der Waals surface area contributed by atoms with Gasteiger partial charge in [0.2, 0.25) is 0 Å². The summed E-state index contributed by atoms with van der Waals surface area (Å²) >= 11 is 0. The van der Waals surface area contributed by atoms with E-state index >= 15 is 0 Å². The van der Waals surface area contributed by atoms with Gasteiger partial charge in [0.25, 0.3) is 11.6 Å². The molecule has 1 saturated heterocycles. The van der Waals surface area contributed by atoms with Crippen molar-refractivity contribution in [1.82, 2.24) is 4.90 Å². The van der Waals surface area contributed by atoms with E-state index in [0.717, 1.165) is 0 Å². The highest BCUT2D eigenvalue weighted by atomic mass is 16.6. The van der Waals surface area contributed by atoms with E-state index in [-0.39, 0.29) is 48.4 Å². The SMILES string of the molecule is C[C@@H]1CN(C(=O)c2cc3c(cc2[N+](=O)[O-])OCCO3)C[C@H]1C(=O)O. The van der Waals surface area contributed by atoms with Gasteiger partial charge in [0, 0.05) is 19.2 Å². The zero-order valence-corrected chi connectivity index (χ0v) is 12.9. The van der Waals surface area contributed by atoms with E-state index < -0.39 is 22.7 Å². The summed E-state index contributed by atoms with van der Waals surface area (Å²) in [5.74, 6) is -1.95. The van der Waals surface area contributed by atoms with Gasteiger partial charge in [-0.3, -0.25) is 19.7 Å². The molecule has 9 nitrogen and oxygen atoms in total. The van der Waals surface area contributed by atoms with Gasteiger partial charge < -0.3 is 19.5 Å². The van der Waals surface area contributed by atoms with Gasteiger partial charge in [-0.2, -0.15) is 0 Å². The molecule has 1 fully saturated rings. The third kappa shape index (κ3) is 2.72. The Morgan fingerprint density at radius 1 is 1.25 bits per heavy atom. The van der Waals surface area contributed by atoms with Crippen LogP contribution in [-0.2, 0) is 4.79 Å². The van der Waals surface area contributed by atoms with E-state index in [4.69, 9.17) is 9.47 Å². The third-order valence-corrected chi connectivity index (χ3v) is 4.30. The van der Waals surface area contributed by atoms with Crippen LogP contribution in [0.25, 0.3) is 0 Å². The number of amides is 1. The molecular weight excluding hydrogens is 320 g/mol. The lowest BCUT2D eigenvalue weighted by Gasteiger charge is -2.20. The van der Waals surface area contributed by atoms with E-state index in [1.54, 1.807) is 6.92 Å². The number of nitrogens with zero attached hydrogens (tertiary/aromatic N) is 2. The second kappa shape index (κ2) is 5.99. The number of likely N-dealkylation sites (tertiary alicyclic amines) is 1. The topological polar surface area (TPSA) is 119 Å². The second-order valence-electron chi connectivity index (χ2n) is 5.90. The largest absolute Gasteiger partial charge is 0.486 e. The molecule has 2 atom stereocenters. The van der Waals surface area contributed by atoms with Gasteiger partial charge in [-0.1, -0.05) is 6.92 Å². The maximum absolute atomic E-state index is 12.7. The van der Waals surface area contributed by atoms with Crippen LogP contribution in [-0.4, -0.2) is 53.1 Å². The molecular formula is C15H16N2O7. The van der Waals surface area contributed by atoms with Gasteiger partial charge in [0.15, 0.2) is 11.5 Å². The summed E-state index contributed by atoms with van der Waals surface area (Å²) < 4.78 is 10.7. The van der Waals surface area contributed by atoms with Gasteiger partial charge in [-0.05, 0) is 5.92 Å². The number of ether oxygens (including phenoxy) is 2. The Kier molecular flexibility index (Phi) is 4.00. The van der Waals surface area contributed by atoms with Crippen molar-refractivity contribution >= 4 is 17.6 Å². The van der Waals surface area contributed by atoms with E-state index in [0.29, 0.717) is 6.61 Å². The van der Waals surface area contributed by atoms with Crippen LogP contribution in [0.4, 0.5) is 5.69 Å². The number of aliphatic carboxylic acids is 1. The van der Waals surface area contributed by atoms with E-state index in [1.807, 2.05) is 0 Å². The standard InChI is InChI=1S/C15H16N2O7/c1-8-6-16(7-10(8)15(19)20)14(18)9-4-12-13(24-3-2-23-12)5-11(9)17(21)22/h4-5,8,10H,2-3,6-7H2,1H3,(H,19,20)/t8-,10-/m1/s1. The highest BCUT2D eigenvalue weighted by Gasteiger charge is 2.39. The first kappa shape index (κ1) is 16.0. The number of rotatable bonds is 3. The third-order valence-electron chi connectivity index (χ3n) is 4.30. The van der Waals surface area contributed by atoms with Gasteiger partial charge >= 0.3 is 5.97 Å². The summed E-state index contributed by atoms with van der Waals surface area (Å²) in [6.07, 6.45) is 0. The summed E-state index contributed by atoms with van der Waals surface area (Å²) in [4.78, 5) is 35.9. The zero-order chi connectivity index (χ0) is 17.4. The van der Waals surface area contributed by atoms with Crippen molar-refractivity contribution in [2.45, 2.75) is 6.92 Å². The van der Waals surface area contributed by atoms with E-state index in [1.165, 1.54) is 17.0 Å². The molecule has 0 bridgehead atoms. The number of carboxylic acid groups (broad SMARTS) is 1. The van der Waals surface area contributed by atoms with Crippen LogP contribution < -0.4 is 9.47 Å². The monoisotopic (exact) mass is 336 g/mol. The van der Waals surface area contributed by atoms with Crippen molar-refractivity contribution in [2.24, 2.45) is 11.8 Å². The van der Waals surface area contributed by atoms with Crippen molar-refractivity contribution in [3.8, 4) is 11.5 Å². The molecule has 0 radical (unpaired) electrons. The van der Waals surface area contributed by atoms with Crippen LogP contribution in [0.1, 0.15) is 17.3 Å². The van der Waals surface area contributed by atoms with Gasteiger partial charge in [0.1, 0.15) is 18.8 Å². The van der Waals surface area contributed by atoms with Crippen LogP contribution in [0, 0.1) is 22.0 Å². The highest BCUT2D eigenvalue weighted by Crippen LogP contribution is 2.38. The summed E-state index contributed by atoms with van der Waals surface area (Å²) in [5.41, 5.74) is -0.502. The molecule has 1 aromatic carbocycles. The molecule has 1 N–H and O–H groups in total. The Hall–Kier alpha value is -2.84. The molecule has 1 amide bonds. The molecule has 0 aromatic heterocycles. The maximum atomic E-state index is 12.7. The molecule has 2 heterocycles. The summed E-state index contributed by atoms with van der Waals surface area (Å²) in [6, 6.07) is 2.48. The second-order valence-corrected chi connectivity index (χ2v) is 5.90. The molecule has 2 aliphatic heterocycles. The fraction of sp³-hybridized carbons (Fsp3) is 0.467. The Morgan fingerprint density at radius 3 is 2.42 bits per heavy atom. The number of fused-ring (bicyclic) bond motifs is 1. The first-order valence-electron chi connectivity index (χ1n) is 7.48. The van der Waals surface area contributed by atoms with Crippen LogP contribution >= 0.6 is 0 Å². The smallest absolute Gasteiger partial charge is 0.308 e. The summed E-state index contributed by atoms with van der Waals surface area (Å²) in [7, 11) is 0. The first-order chi connectivity index (χ1) is 11.4. The fourth-order valence-corrected chi connectivity index (χ4v) is 3.02. The minimum Gasteiger partial charge on any atom is -0.486 e. The molecule has 0 unspecified atom stereocenters. The number of nitro benzene ring substituents is 1. The summed E-state index contributed by atoms with van der Waals surface area (Å²) in [5, 5.41) is 20.5. The lowest BCUT2D eigenvalue weighted by atomic mass is 9.99. The molecule has 0 saturated carbocycles. The Labute approximate surface area is 136 Å². The van der Waals surface area contributed by atoms with Crippen LogP contribution in [0.15, 0.2) is 12.1 Å². The van der Waals surface area contributed by atoms with Crippen molar-refractivity contribution in [3.63, 3.8) is 0 Å². The lowest BCUT2D eigenvalue weighted by molar-refractivity contribution is -0.385. The predicted octanol–water partition coefficient (Wildman–Crippen LogP) is 1.16. The van der Waals surface area contributed by atoms with Crippen LogP contribution in [0.5, 0.6) is 11.5 Å². The van der Waals surface area contributed by atoms with Crippen molar-refractivity contribution in [2.75, 3.05) is 26.3 Å². The van der Waals surface area contributed by atoms with Gasteiger partial charge in [0.05, 0.1) is 16.9 Å². The molecule has 24 heavy (non-hydrogen) atoms. The number of hydrogen-bond acceptors (Lipinski definition) is 6. The number of hydrogen-bond donors (Lipinski definition) is 1. The lowest BCUT2D eigenvalue weighted by Crippen LogP contribution is -2.30. The number of nitro groups is 1. The van der Waals surface area contributed by atoms with Crippen molar-refractivity contribution in [1.29, 1.82) is 0 Å².